The highest BCUT2D eigenvalue weighted by Crippen LogP contribution is 2.13. The van der Waals surface area contributed by atoms with Crippen molar-refractivity contribution < 1.29 is 13.2 Å². The van der Waals surface area contributed by atoms with Gasteiger partial charge >= 0.3 is 0 Å². The number of nitrogens with one attached hydrogen (secondary N) is 1. The number of hydrogen-bond acceptors (Lipinski definition) is 3. The first-order chi connectivity index (χ1) is 10.7. The molecular weight excluding hydrogens is 312 g/mol. The van der Waals surface area contributed by atoms with Crippen molar-refractivity contribution in [1.29, 1.82) is 0 Å². The maximum atomic E-state index is 12.4. The molecule has 5 nitrogen and oxygen atoms in total. The van der Waals surface area contributed by atoms with Gasteiger partial charge in [-0.3, -0.25) is 4.79 Å². The van der Waals surface area contributed by atoms with Crippen molar-refractivity contribution in [3.05, 3.63) is 53.3 Å². The third-order valence-electron chi connectivity index (χ3n) is 3.83. The standard InChI is InChI=1S/C17H22N2O3S/c1-12-5-8-15(9-6-12)23(21,22)11-13(2)18-17(20)16-10-7-14(3)19(16)4/h5-10,13H,11H2,1-4H3,(H,18,20)/t13-/m1/s1. The van der Waals surface area contributed by atoms with E-state index < -0.39 is 15.9 Å². The number of amides is 1. The number of carbonyl (C=O) groups excluding carboxylic acids is 1. The number of nitrogens with zero attached hydrogens (tertiary/aromatic N) is 1. The molecule has 23 heavy (non-hydrogen) atoms. The van der Waals surface area contributed by atoms with Crippen LogP contribution in [0.15, 0.2) is 41.3 Å². The molecule has 0 aliphatic rings. The van der Waals surface area contributed by atoms with Crippen molar-refractivity contribution in [2.45, 2.75) is 31.7 Å². The van der Waals surface area contributed by atoms with Crippen LogP contribution in [0.5, 0.6) is 0 Å². The van der Waals surface area contributed by atoms with Crippen molar-refractivity contribution in [3.63, 3.8) is 0 Å². The normalized spacial score (nSPS) is 12.9. The van der Waals surface area contributed by atoms with Gasteiger partial charge in [-0.25, -0.2) is 8.42 Å². The fourth-order valence-electron chi connectivity index (χ4n) is 2.35. The van der Waals surface area contributed by atoms with E-state index in [0.717, 1.165) is 11.3 Å². The molecule has 0 aliphatic carbocycles. The van der Waals surface area contributed by atoms with Gasteiger partial charge in [0.25, 0.3) is 5.91 Å². The van der Waals surface area contributed by atoms with Crippen LogP contribution in [-0.4, -0.2) is 30.7 Å². The maximum absolute atomic E-state index is 12.4. The molecule has 0 saturated carbocycles. The highest BCUT2D eigenvalue weighted by molar-refractivity contribution is 7.91. The van der Waals surface area contributed by atoms with Gasteiger partial charge in [-0.05, 0) is 45.0 Å². The Morgan fingerprint density at radius 3 is 2.26 bits per heavy atom. The Labute approximate surface area is 137 Å². The van der Waals surface area contributed by atoms with Crippen LogP contribution in [0.3, 0.4) is 0 Å². The van der Waals surface area contributed by atoms with Gasteiger partial charge in [0.15, 0.2) is 9.84 Å². The molecule has 1 aromatic heterocycles. The molecule has 0 saturated heterocycles. The van der Waals surface area contributed by atoms with E-state index in [-0.39, 0.29) is 16.6 Å². The monoisotopic (exact) mass is 334 g/mol. The van der Waals surface area contributed by atoms with Crippen LogP contribution in [0.2, 0.25) is 0 Å². The van der Waals surface area contributed by atoms with Crippen LogP contribution >= 0.6 is 0 Å². The van der Waals surface area contributed by atoms with Crippen LogP contribution in [0.25, 0.3) is 0 Å². The second-order valence-electron chi connectivity index (χ2n) is 5.89. The van der Waals surface area contributed by atoms with Crippen molar-refractivity contribution in [1.82, 2.24) is 9.88 Å². The van der Waals surface area contributed by atoms with Gasteiger partial charge in [-0.2, -0.15) is 0 Å². The first kappa shape index (κ1) is 17.3. The summed E-state index contributed by atoms with van der Waals surface area (Å²) in [6, 6.07) is 9.82. The average Bonchev–Trinajstić information content (AvgIpc) is 2.78. The maximum Gasteiger partial charge on any atom is 0.268 e. The molecule has 0 radical (unpaired) electrons. The molecule has 2 rings (SSSR count). The van der Waals surface area contributed by atoms with Gasteiger partial charge in [0.05, 0.1) is 10.6 Å². The molecule has 0 unspecified atom stereocenters. The number of hydrogen-bond donors (Lipinski definition) is 1. The smallest absolute Gasteiger partial charge is 0.268 e. The first-order valence-corrected chi connectivity index (χ1v) is 9.08. The number of rotatable bonds is 5. The van der Waals surface area contributed by atoms with Gasteiger partial charge in [0, 0.05) is 18.8 Å². The number of aryl methyl sites for hydroxylation is 2. The SMILES string of the molecule is Cc1ccc(S(=O)(=O)C[C@@H](C)NC(=O)c2ccc(C)n2C)cc1. The summed E-state index contributed by atoms with van der Waals surface area (Å²) in [6.07, 6.45) is 0. The zero-order valence-electron chi connectivity index (χ0n) is 13.8. The lowest BCUT2D eigenvalue weighted by Gasteiger charge is -2.15. The van der Waals surface area contributed by atoms with E-state index in [2.05, 4.69) is 5.32 Å². The molecular formula is C17H22N2O3S. The molecule has 0 spiro atoms. The van der Waals surface area contributed by atoms with Crippen LogP contribution in [0, 0.1) is 13.8 Å². The Morgan fingerprint density at radius 2 is 1.74 bits per heavy atom. The zero-order chi connectivity index (χ0) is 17.2. The average molecular weight is 334 g/mol. The van der Waals surface area contributed by atoms with E-state index in [4.69, 9.17) is 0 Å². The van der Waals surface area contributed by atoms with E-state index in [1.54, 1.807) is 48.9 Å². The van der Waals surface area contributed by atoms with Crippen LogP contribution in [-0.2, 0) is 16.9 Å². The van der Waals surface area contributed by atoms with Crippen LogP contribution < -0.4 is 5.32 Å². The predicted molar refractivity (Wildman–Crippen MR) is 90.3 cm³/mol. The summed E-state index contributed by atoms with van der Waals surface area (Å²) >= 11 is 0. The molecule has 2 aromatic rings. The Hall–Kier alpha value is -2.08. The van der Waals surface area contributed by atoms with E-state index in [1.165, 1.54) is 0 Å². The van der Waals surface area contributed by atoms with Gasteiger partial charge < -0.3 is 9.88 Å². The summed E-state index contributed by atoms with van der Waals surface area (Å²) < 4.78 is 26.5. The summed E-state index contributed by atoms with van der Waals surface area (Å²) in [7, 11) is -1.63. The van der Waals surface area contributed by atoms with Crippen LogP contribution in [0.4, 0.5) is 0 Å². The fraction of sp³-hybridized carbons (Fsp3) is 0.353. The summed E-state index contributed by atoms with van der Waals surface area (Å²) in [6.45, 7) is 5.50. The second kappa shape index (κ2) is 6.58. The van der Waals surface area contributed by atoms with Crippen molar-refractivity contribution >= 4 is 15.7 Å². The van der Waals surface area contributed by atoms with Crippen LogP contribution in [0.1, 0.15) is 28.7 Å². The summed E-state index contributed by atoms with van der Waals surface area (Å²) in [4.78, 5) is 12.5. The molecule has 0 aliphatic heterocycles. The summed E-state index contributed by atoms with van der Waals surface area (Å²) in [5.41, 5.74) is 2.49. The quantitative estimate of drug-likeness (QED) is 0.912. The fourth-order valence-corrected chi connectivity index (χ4v) is 3.84. The molecule has 0 fully saturated rings. The molecule has 1 N–H and O–H groups in total. The lowest BCUT2D eigenvalue weighted by atomic mass is 10.2. The van der Waals surface area contributed by atoms with Gasteiger partial charge in [0.2, 0.25) is 0 Å². The molecule has 0 bridgehead atoms. The number of benzene rings is 1. The van der Waals surface area contributed by atoms with Gasteiger partial charge in [0.1, 0.15) is 5.69 Å². The van der Waals surface area contributed by atoms with E-state index in [0.29, 0.717) is 5.69 Å². The van der Waals surface area contributed by atoms with E-state index >= 15 is 0 Å². The number of carbonyl (C=O) groups is 1. The molecule has 1 heterocycles. The minimum absolute atomic E-state index is 0.134. The zero-order valence-corrected chi connectivity index (χ0v) is 14.6. The number of sulfone groups is 1. The molecule has 124 valence electrons. The Balaban J connectivity index is 2.06. The van der Waals surface area contributed by atoms with Gasteiger partial charge in [-0.15, -0.1) is 0 Å². The third-order valence-corrected chi connectivity index (χ3v) is 5.76. The Morgan fingerprint density at radius 1 is 1.13 bits per heavy atom. The van der Waals surface area contributed by atoms with Crippen molar-refractivity contribution in [2.24, 2.45) is 7.05 Å². The minimum Gasteiger partial charge on any atom is -0.347 e. The Bertz CT molecular complexity index is 805. The number of aromatic nitrogens is 1. The molecule has 6 heteroatoms. The highest BCUT2D eigenvalue weighted by Gasteiger charge is 2.21. The van der Waals surface area contributed by atoms with E-state index in [1.807, 2.05) is 19.9 Å². The molecule has 1 aromatic carbocycles. The predicted octanol–water partition coefficient (Wildman–Crippen LogP) is 2.23. The summed E-state index contributed by atoms with van der Waals surface area (Å²) in [5.74, 6) is -0.405. The minimum atomic E-state index is -3.43. The molecule has 1 atom stereocenters. The third kappa shape index (κ3) is 4.01. The second-order valence-corrected chi connectivity index (χ2v) is 7.92. The highest BCUT2D eigenvalue weighted by atomic mass is 32.2. The summed E-state index contributed by atoms with van der Waals surface area (Å²) in [5, 5.41) is 2.75. The van der Waals surface area contributed by atoms with Gasteiger partial charge in [-0.1, -0.05) is 17.7 Å². The van der Waals surface area contributed by atoms with Crippen molar-refractivity contribution in [3.8, 4) is 0 Å². The van der Waals surface area contributed by atoms with Crippen molar-refractivity contribution in [2.75, 3.05) is 5.75 Å². The lowest BCUT2D eigenvalue weighted by Crippen LogP contribution is -2.38. The van der Waals surface area contributed by atoms with E-state index in [9.17, 15) is 13.2 Å². The first-order valence-electron chi connectivity index (χ1n) is 7.43. The lowest BCUT2D eigenvalue weighted by molar-refractivity contribution is 0.0935. The topological polar surface area (TPSA) is 68.2 Å². The Kier molecular flexibility index (Phi) is 4.94. The molecule has 1 amide bonds. The largest absolute Gasteiger partial charge is 0.347 e.